The molecule has 0 aliphatic rings. The fraction of sp³-hybridized carbons (Fsp3) is 0.857. The van der Waals surface area contributed by atoms with E-state index in [1.54, 1.807) is 7.05 Å². The van der Waals surface area contributed by atoms with Crippen molar-refractivity contribution >= 4 is 0 Å². The van der Waals surface area contributed by atoms with Crippen LogP contribution >= 0.6 is 0 Å². The summed E-state index contributed by atoms with van der Waals surface area (Å²) in [5.41, 5.74) is 0. The fourth-order valence-corrected chi connectivity index (χ4v) is 0.619. The van der Waals surface area contributed by atoms with Crippen LogP contribution in [0.2, 0.25) is 0 Å². The van der Waals surface area contributed by atoms with Crippen LogP contribution < -0.4 is 5.32 Å². The third-order valence-electron chi connectivity index (χ3n) is 1.26. The van der Waals surface area contributed by atoms with Crippen molar-refractivity contribution in [3.8, 4) is 6.07 Å². The van der Waals surface area contributed by atoms with Gasteiger partial charge in [-0.2, -0.15) is 5.26 Å². The lowest BCUT2D eigenvalue weighted by atomic mass is 10.2. The van der Waals surface area contributed by atoms with Gasteiger partial charge >= 0.3 is 0 Å². The first-order chi connectivity index (χ1) is 4.85. The lowest BCUT2D eigenvalue weighted by molar-refractivity contribution is 0.141. The monoisotopic (exact) mass is 142 g/mol. The van der Waals surface area contributed by atoms with Gasteiger partial charge in [-0.1, -0.05) is 0 Å². The number of hydrogen-bond acceptors (Lipinski definition) is 3. The molecule has 0 saturated heterocycles. The standard InChI is InChI=1S/C7H14N2O/c1-3-10-5-4-7(6-8)9-2/h7,9H,3-5H2,1-2H3. The van der Waals surface area contributed by atoms with Gasteiger partial charge in [0.1, 0.15) is 0 Å². The molecule has 0 aliphatic carbocycles. The van der Waals surface area contributed by atoms with Gasteiger partial charge in [-0.25, -0.2) is 0 Å². The van der Waals surface area contributed by atoms with Gasteiger partial charge in [0.15, 0.2) is 0 Å². The molecule has 0 bridgehead atoms. The smallest absolute Gasteiger partial charge is 0.0972 e. The second kappa shape index (κ2) is 6.53. The predicted octanol–water partition coefficient (Wildman–Crippen LogP) is 0.525. The first kappa shape index (κ1) is 9.41. The van der Waals surface area contributed by atoms with E-state index in [0.29, 0.717) is 6.61 Å². The van der Waals surface area contributed by atoms with E-state index in [2.05, 4.69) is 11.4 Å². The largest absolute Gasteiger partial charge is 0.382 e. The van der Waals surface area contributed by atoms with E-state index in [9.17, 15) is 0 Å². The second-order valence-corrected chi connectivity index (χ2v) is 1.96. The summed E-state index contributed by atoms with van der Waals surface area (Å²) < 4.78 is 5.08. The van der Waals surface area contributed by atoms with E-state index in [1.807, 2.05) is 6.92 Å². The van der Waals surface area contributed by atoms with Crippen LogP contribution in [0.25, 0.3) is 0 Å². The van der Waals surface area contributed by atoms with Crippen molar-refractivity contribution in [3.05, 3.63) is 0 Å². The summed E-state index contributed by atoms with van der Waals surface area (Å²) in [4.78, 5) is 0. The van der Waals surface area contributed by atoms with E-state index in [0.717, 1.165) is 13.0 Å². The Kier molecular flexibility index (Phi) is 6.14. The molecule has 10 heavy (non-hydrogen) atoms. The van der Waals surface area contributed by atoms with Gasteiger partial charge in [0, 0.05) is 13.2 Å². The lowest BCUT2D eigenvalue weighted by Gasteiger charge is -2.05. The SMILES string of the molecule is CCOCCC(C#N)NC. The van der Waals surface area contributed by atoms with E-state index >= 15 is 0 Å². The molecule has 3 nitrogen and oxygen atoms in total. The third kappa shape index (κ3) is 4.30. The molecule has 0 spiro atoms. The van der Waals surface area contributed by atoms with Crippen LogP contribution in [0.5, 0.6) is 0 Å². The molecule has 3 heteroatoms. The van der Waals surface area contributed by atoms with Crippen molar-refractivity contribution in [1.82, 2.24) is 5.32 Å². The lowest BCUT2D eigenvalue weighted by Crippen LogP contribution is -2.24. The van der Waals surface area contributed by atoms with E-state index in [4.69, 9.17) is 10.00 Å². The maximum absolute atomic E-state index is 8.46. The average molecular weight is 142 g/mol. The molecule has 0 saturated carbocycles. The number of ether oxygens (including phenoxy) is 1. The normalized spacial score (nSPS) is 12.5. The zero-order valence-corrected chi connectivity index (χ0v) is 6.55. The molecular formula is C7H14N2O. The van der Waals surface area contributed by atoms with Crippen molar-refractivity contribution in [2.24, 2.45) is 0 Å². The Labute approximate surface area is 62.0 Å². The second-order valence-electron chi connectivity index (χ2n) is 1.96. The van der Waals surface area contributed by atoms with Crippen LogP contribution in [0.15, 0.2) is 0 Å². The maximum atomic E-state index is 8.46. The van der Waals surface area contributed by atoms with Gasteiger partial charge in [-0.15, -0.1) is 0 Å². The summed E-state index contributed by atoms with van der Waals surface area (Å²) in [6, 6.07) is 2.06. The molecule has 0 aromatic heterocycles. The van der Waals surface area contributed by atoms with Crippen molar-refractivity contribution in [1.29, 1.82) is 5.26 Å². The molecule has 0 rings (SSSR count). The van der Waals surface area contributed by atoms with E-state index in [-0.39, 0.29) is 6.04 Å². The van der Waals surface area contributed by atoms with Gasteiger partial charge in [0.25, 0.3) is 0 Å². The van der Waals surface area contributed by atoms with E-state index in [1.165, 1.54) is 0 Å². The van der Waals surface area contributed by atoms with Crippen LogP contribution in [-0.2, 0) is 4.74 Å². The first-order valence-corrected chi connectivity index (χ1v) is 3.49. The number of hydrogen-bond donors (Lipinski definition) is 1. The zero-order chi connectivity index (χ0) is 7.82. The first-order valence-electron chi connectivity index (χ1n) is 3.49. The molecule has 0 aromatic carbocycles. The Balaban J connectivity index is 3.20. The zero-order valence-electron chi connectivity index (χ0n) is 6.55. The highest BCUT2D eigenvalue weighted by Gasteiger charge is 2.01. The van der Waals surface area contributed by atoms with Crippen LogP contribution in [0.3, 0.4) is 0 Å². The molecule has 0 radical (unpaired) electrons. The fourth-order valence-electron chi connectivity index (χ4n) is 0.619. The Morgan fingerprint density at radius 1 is 1.70 bits per heavy atom. The summed E-state index contributed by atoms with van der Waals surface area (Å²) in [6.07, 6.45) is 0.765. The maximum Gasteiger partial charge on any atom is 0.0972 e. The number of nitrogens with zero attached hydrogens (tertiary/aromatic N) is 1. The summed E-state index contributed by atoms with van der Waals surface area (Å²) in [6.45, 7) is 3.33. The molecule has 0 heterocycles. The highest BCUT2D eigenvalue weighted by Crippen LogP contribution is 1.89. The summed E-state index contributed by atoms with van der Waals surface area (Å²) in [7, 11) is 1.78. The van der Waals surface area contributed by atoms with Crippen LogP contribution in [0.1, 0.15) is 13.3 Å². The molecule has 1 N–H and O–H groups in total. The average Bonchev–Trinajstić information content (AvgIpc) is 1.99. The molecule has 58 valence electrons. The van der Waals surface area contributed by atoms with Crippen molar-refractivity contribution in [3.63, 3.8) is 0 Å². The Morgan fingerprint density at radius 2 is 2.40 bits per heavy atom. The predicted molar refractivity (Wildman–Crippen MR) is 39.6 cm³/mol. The minimum Gasteiger partial charge on any atom is -0.382 e. The Morgan fingerprint density at radius 3 is 2.80 bits per heavy atom. The van der Waals surface area contributed by atoms with E-state index < -0.39 is 0 Å². The van der Waals surface area contributed by atoms with Crippen molar-refractivity contribution < 1.29 is 4.74 Å². The highest BCUT2D eigenvalue weighted by molar-refractivity contribution is 4.87. The van der Waals surface area contributed by atoms with Crippen LogP contribution in [-0.4, -0.2) is 26.3 Å². The van der Waals surface area contributed by atoms with Crippen LogP contribution in [0.4, 0.5) is 0 Å². The molecular weight excluding hydrogens is 128 g/mol. The van der Waals surface area contributed by atoms with Gasteiger partial charge < -0.3 is 10.1 Å². The summed E-state index contributed by atoms with van der Waals surface area (Å²) in [5, 5.41) is 11.3. The summed E-state index contributed by atoms with van der Waals surface area (Å²) >= 11 is 0. The topological polar surface area (TPSA) is 45.0 Å². The third-order valence-corrected chi connectivity index (χ3v) is 1.26. The van der Waals surface area contributed by atoms with Crippen LogP contribution in [0, 0.1) is 11.3 Å². The number of nitrogens with one attached hydrogen (secondary N) is 1. The molecule has 0 amide bonds. The van der Waals surface area contributed by atoms with Crippen molar-refractivity contribution in [2.45, 2.75) is 19.4 Å². The quantitative estimate of drug-likeness (QED) is 0.569. The Hall–Kier alpha value is -0.590. The van der Waals surface area contributed by atoms with Gasteiger partial charge in [0.2, 0.25) is 0 Å². The minimum absolute atomic E-state index is 0.0634. The molecule has 0 aromatic rings. The number of nitriles is 1. The van der Waals surface area contributed by atoms with Crippen molar-refractivity contribution in [2.75, 3.05) is 20.3 Å². The molecule has 1 unspecified atom stereocenters. The Bertz CT molecular complexity index is 109. The van der Waals surface area contributed by atoms with Gasteiger partial charge in [-0.3, -0.25) is 0 Å². The highest BCUT2D eigenvalue weighted by atomic mass is 16.5. The molecule has 0 aliphatic heterocycles. The molecule has 1 atom stereocenters. The summed E-state index contributed by atoms with van der Waals surface area (Å²) in [5.74, 6) is 0. The van der Waals surface area contributed by atoms with Gasteiger partial charge in [0.05, 0.1) is 12.1 Å². The number of rotatable bonds is 5. The minimum atomic E-state index is -0.0634. The van der Waals surface area contributed by atoms with Gasteiger partial charge in [-0.05, 0) is 20.4 Å². The molecule has 0 fully saturated rings.